The second-order valence-corrected chi connectivity index (χ2v) is 4.98. The smallest absolute Gasteiger partial charge is 0.291 e. The number of nitrogens with one attached hydrogen (secondary N) is 1. The molecule has 0 aromatic carbocycles. The van der Waals surface area contributed by atoms with Gasteiger partial charge in [-0.25, -0.2) is 4.98 Å². The molecule has 0 aliphatic carbocycles. The van der Waals surface area contributed by atoms with Crippen molar-refractivity contribution in [1.82, 2.24) is 9.97 Å². The summed E-state index contributed by atoms with van der Waals surface area (Å²) in [5.41, 5.74) is 1.55. The molecule has 0 saturated heterocycles. The first-order valence-corrected chi connectivity index (χ1v) is 6.82. The third-order valence-corrected chi connectivity index (χ3v) is 3.80. The van der Waals surface area contributed by atoms with Gasteiger partial charge in [0.25, 0.3) is 5.69 Å². The number of hydrogen-bond acceptors (Lipinski definition) is 5. The van der Waals surface area contributed by atoms with Gasteiger partial charge in [0, 0.05) is 30.4 Å². The van der Waals surface area contributed by atoms with Crippen molar-refractivity contribution in [2.75, 3.05) is 11.9 Å². The molecule has 1 N–H and O–H groups in total. The van der Waals surface area contributed by atoms with Gasteiger partial charge in [-0.1, -0.05) is 6.07 Å². The highest BCUT2D eigenvalue weighted by atomic mass is 79.9. The molecule has 2 heterocycles. The highest BCUT2D eigenvalue weighted by Crippen LogP contribution is 2.30. The topological polar surface area (TPSA) is 81.0 Å². The summed E-state index contributed by atoms with van der Waals surface area (Å²) >= 11 is 3.34. The molecule has 0 radical (unpaired) electrons. The Labute approximate surface area is 124 Å². The molecule has 20 heavy (non-hydrogen) atoms. The fourth-order valence-electron chi connectivity index (χ4n) is 1.73. The summed E-state index contributed by atoms with van der Waals surface area (Å²) in [6.45, 7) is 2.34. The number of rotatable bonds is 5. The van der Waals surface area contributed by atoms with E-state index >= 15 is 0 Å². The maximum absolute atomic E-state index is 10.8. The molecule has 6 nitrogen and oxygen atoms in total. The van der Waals surface area contributed by atoms with Crippen LogP contribution in [0.1, 0.15) is 11.3 Å². The van der Waals surface area contributed by atoms with Crippen LogP contribution in [0.4, 0.5) is 11.5 Å². The molecule has 0 aliphatic rings. The Bertz CT molecular complexity index is 619. The number of anilines is 1. The van der Waals surface area contributed by atoms with Gasteiger partial charge in [0.1, 0.15) is 12.0 Å². The van der Waals surface area contributed by atoms with Gasteiger partial charge in [-0.05, 0) is 35.0 Å². The standard InChI is InChI=1S/C13H13BrN4O2/c1-9-11(18(19)20)8-17-13(12(9)14)16-7-5-10-4-2-3-6-15-10/h2-4,6,8H,5,7H2,1H3,(H,16,17). The first kappa shape index (κ1) is 14.4. The summed E-state index contributed by atoms with van der Waals surface area (Å²) in [5.74, 6) is 0.601. The minimum atomic E-state index is -0.440. The lowest BCUT2D eigenvalue weighted by molar-refractivity contribution is -0.385. The van der Waals surface area contributed by atoms with Crippen LogP contribution in [0, 0.1) is 17.0 Å². The summed E-state index contributed by atoms with van der Waals surface area (Å²) in [6.07, 6.45) is 3.77. The Morgan fingerprint density at radius 1 is 1.40 bits per heavy atom. The summed E-state index contributed by atoms with van der Waals surface area (Å²) in [5, 5.41) is 13.9. The van der Waals surface area contributed by atoms with E-state index in [0.717, 1.165) is 12.1 Å². The summed E-state index contributed by atoms with van der Waals surface area (Å²) in [7, 11) is 0. The van der Waals surface area contributed by atoms with E-state index in [1.54, 1.807) is 13.1 Å². The van der Waals surface area contributed by atoms with E-state index in [1.807, 2.05) is 18.2 Å². The van der Waals surface area contributed by atoms with Gasteiger partial charge in [-0.2, -0.15) is 0 Å². The van der Waals surface area contributed by atoms with E-state index in [9.17, 15) is 10.1 Å². The van der Waals surface area contributed by atoms with Crippen molar-refractivity contribution < 1.29 is 4.92 Å². The summed E-state index contributed by atoms with van der Waals surface area (Å²) in [6, 6.07) is 5.76. The van der Waals surface area contributed by atoms with Gasteiger partial charge in [0.15, 0.2) is 0 Å². The Morgan fingerprint density at radius 2 is 2.20 bits per heavy atom. The highest BCUT2D eigenvalue weighted by Gasteiger charge is 2.16. The molecule has 2 aromatic rings. The van der Waals surface area contributed by atoms with Crippen molar-refractivity contribution in [3.05, 3.63) is 56.4 Å². The SMILES string of the molecule is Cc1c([N+](=O)[O-])cnc(NCCc2ccccn2)c1Br. The first-order chi connectivity index (χ1) is 9.59. The average molecular weight is 337 g/mol. The maximum atomic E-state index is 10.8. The van der Waals surface area contributed by atoms with Gasteiger partial charge >= 0.3 is 0 Å². The summed E-state index contributed by atoms with van der Waals surface area (Å²) < 4.78 is 0.618. The number of nitro groups is 1. The minimum Gasteiger partial charge on any atom is -0.369 e. The van der Waals surface area contributed by atoms with Crippen molar-refractivity contribution in [2.24, 2.45) is 0 Å². The molecule has 104 valence electrons. The van der Waals surface area contributed by atoms with Crippen molar-refractivity contribution >= 4 is 27.4 Å². The lowest BCUT2D eigenvalue weighted by atomic mass is 10.2. The second kappa shape index (κ2) is 6.42. The quantitative estimate of drug-likeness (QED) is 0.670. The molecule has 0 bridgehead atoms. The van der Waals surface area contributed by atoms with Crippen LogP contribution in [0.5, 0.6) is 0 Å². The number of nitrogens with zero attached hydrogens (tertiary/aromatic N) is 3. The third-order valence-electron chi connectivity index (χ3n) is 2.83. The molecular weight excluding hydrogens is 324 g/mol. The Kier molecular flexibility index (Phi) is 4.62. The molecular formula is C13H13BrN4O2. The fourth-order valence-corrected chi connectivity index (χ4v) is 2.18. The van der Waals surface area contributed by atoms with E-state index < -0.39 is 4.92 Å². The van der Waals surface area contributed by atoms with Crippen LogP contribution in [0.25, 0.3) is 0 Å². The van der Waals surface area contributed by atoms with Gasteiger partial charge in [-0.3, -0.25) is 15.1 Å². The molecule has 2 aromatic heterocycles. The normalized spacial score (nSPS) is 10.3. The number of hydrogen-bond donors (Lipinski definition) is 1. The Balaban J connectivity index is 2.04. The van der Waals surface area contributed by atoms with Gasteiger partial charge < -0.3 is 5.32 Å². The van der Waals surface area contributed by atoms with E-state index in [1.165, 1.54) is 6.20 Å². The number of pyridine rings is 2. The van der Waals surface area contributed by atoms with Crippen LogP contribution in [-0.4, -0.2) is 21.4 Å². The number of aromatic nitrogens is 2. The predicted octanol–water partition coefficient (Wildman–Crippen LogP) is 3.11. The van der Waals surface area contributed by atoms with Crippen LogP contribution >= 0.6 is 15.9 Å². The molecule has 0 amide bonds. The van der Waals surface area contributed by atoms with E-state index in [2.05, 4.69) is 31.2 Å². The lowest BCUT2D eigenvalue weighted by Gasteiger charge is -2.09. The molecule has 7 heteroatoms. The zero-order chi connectivity index (χ0) is 14.5. The van der Waals surface area contributed by atoms with E-state index in [4.69, 9.17) is 0 Å². The molecule has 0 aliphatic heterocycles. The van der Waals surface area contributed by atoms with Gasteiger partial charge in [-0.15, -0.1) is 0 Å². The minimum absolute atomic E-state index is 0.00662. The summed E-state index contributed by atoms with van der Waals surface area (Å²) in [4.78, 5) is 18.7. The Morgan fingerprint density at radius 3 is 2.85 bits per heavy atom. The molecule has 0 fully saturated rings. The van der Waals surface area contributed by atoms with E-state index in [0.29, 0.717) is 22.4 Å². The van der Waals surface area contributed by atoms with Crippen LogP contribution in [0.2, 0.25) is 0 Å². The zero-order valence-corrected chi connectivity index (χ0v) is 12.4. The van der Waals surface area contributed by atoms with Crippen LogP contribution in [0.3, 0.4) is 0 Å². The zero-order valence-electron chi connectivity index (χ0n) is 10.8. The van der Waals surface area contributed by atoms with Crippen molar-refractivity contribution in [3.63, 3.8) is 0 Å². The molecule has 2 rings (SSSR count). The highest BCUT2D eigenvalue weighted by molar-refractivity contribution is 9.10. The second-order valence-electron chi connectivity index (χ2n) is 4.19. The van der Waals surface area contributed by atoms with Crippen LogP contribution < -0.4 is 5.32 Å². The average Bonchev–Trinajstić information content (AvgIpc) is 2.44. The third kappa shape index (κ3) is 3.30. The maximum Gasteiger partial charge on any atom is 0.291 e. The first-order valence-electron chi connectivity index (χ1n) is 6.03. The van der Waals surface area contributed by atoms with Gasteiger partial charge in [0.05, 0.1) is 9.40 Å². The van der Waals surface area contributed by atoms with Crippen molar-refractivity contribution in [2.45, 2.75) is 13.3 Å². The van der Waals surface area contributed by atoms with Crippen LogP contribution in [0.15, 0.2) is 35.1 Å². The molecule has 0 unspecified atom stereocenters. The molecule has 0 atom stereocenters. The predicted molar refractivity (Wildman–Crippen MR) is 79.8 cm³/mol. The largest absolute Gasteiger partial charge is 0.369 e. The fraction of sp³-hybridized carbons (Fsp3) is 0.231. The molecule has 0 saturated carbocycles. The van der Waals surface area contributed by atoms with Gasteiger partial charge in [0.2, 0.25) is 0 Å². The van der Waals surface area contributed by atoms with E-state index in [-0.39, 0.29) is 5.69 Å². The molecule has 0 spiro atoms. The van der Waals surface area contributed by atoms with Crippen molar-refractivity contribution in [3.8, 4) is 0 Å². The van der Waals surface area contributed by atoms with Crippen LogP contribution in [-0.2, 0) is 6.42 Å². The van der Waals surface area contributed by atoms with Crippen molar-refractivity contribution in [1.29, 1.82) is 0 Å². The Hall–Kier alpha value is -2.02. The lowest BCUT2D eigenvalue weighted by Crippen LogP contribution is -2.08. The monoisotopic (exact) mass is 336 g/mol. The number of halogens is 1.